The zero-order chi connectivity index (χ0) is 18.9. The van der Waals surface area contributed by atoms with Crippen molar-refractivity contribution in [2.75, 3.05) is 18.5 Å². The summed E-state index contributed by atoms with van der Waals surface area (Å²) in [5.74, 6) is 0.959. The van der Waals surface area contributed by atoms with Crippen LogP contribution in [0.3, 0.4) is 0 Å². The first kappa shape index (κ1) is 16.2. The number of carbonyl (C=O) groups is 1. The summed E-state index contributed by atoms with van der Waals surface area (Å²) in [5, 5.41) is 6.85. The molecule has 0 saturated heterocycles. The first-order valence-electron chi connectivity index (χ1n) is 8.84. The Morgan fingerprint density at radius 3 is 2.89 bits per heavy atom. The zero-order valence-corrected chi connectivity index (χ0v) is 14.8. The number of H-pyrrole nitrogens is 1. The molecular weight excluding hydrogens is 356 g/mol. The second kappa shape index (κ2) is 6.66. The molecule has 28 heavy (non-hydrogen) atoms. The number of fused-ring (bicyclic) bond motifs is 2. The molecule has 3 N–H and O–H groups in total. The van der Waals surface area contributed by atoms with Gasteiger partial charge in [0.1, 0.15) is 18.0 Å². The number of aromatic amines is 1. The van der Waals surface area contributed by atoms with Crippen LogP contribution in [0.25, 0.3) is 22.2 Å². The quantitative estimate of drug-likeness (QED) is 0.511. The summed E-state index contributed by atoms with van der Waals surface area (Å²) >= 11 is 0. The molecule has 5 rings (SSSR count). The minimum absolute atomic E-state index is 0.117. The second-order valence-electron chi connectivity index (χ2n) is 6.33. The molecule has 138 valence electrons. The Morgan fingerprint density at radius 1 is 1.11 bits per heavy atom. The van der Waals surface area contributed by atoms with Crippen LogP contribution in [0.1, 0.15) is 10.4 Å². The summed E-state index contributed by atoms with van der Waals surface area (Å²) < 4.78 is 5.72. The molecule has 1 aromatic carbocycles. The first-order chi connectivity index (χ1) is 13.8. The molecule has 4 aromatic rings. The Bertz CT molecular complexity index is 1170. The maximum Gasteiger partial charge on any atom is 0.255 e. The average Bonchev–Trinajstić information content (AvgIpc) is 3.05. The van der Waals surface area contributed by atoms with Gasteiger partial charge in [0.25, 0.3) is 5.91 Å². The number of carbonyl (C=O) groups excluding carboxylic acids is 1. The van der Waals surface area contributed by atoms with Gasteiger partial charge in [-0.05, 0) is 29.8 Å². The minimum atomic E-state index is -0.117. The lowest BCUT2D eigenvalue weighted by atomic mass is 10.0. The average molecular weight is 372 g/mol. The van der Waals surface area contributed by atoms with Crippen LogP contribution in [-0.2, 0) is 0 Å². The molecular formula is C20H16N6O2. The maximum absolute atomic E-state index is 12.1. The van der Waals surface area contributed by atoms with Gasteiger partial charge < -0.3 is 20.4 Å². The second-order valence-corrected chi connectivity index (χ2v) is 6.33. The van der Waals surface area contributed by atoms with Crippen LogP contribution in [0.5, 0.6) is 5.75 Å². The van der Waals surface area contributed by atoms with E-state index in [1.54, 1.807) is 24.7 Å². The molecule has 4 heterocycles. The lowest BCUT2D eigenvalue weighted by Crippen LogP contribution is -2.24. The number of pyridine rings is 1. The number of ether oxygens (including phenoxy) is 1. The third-order valence-electron chi connectivity index (χ3n) is 4.55. The van der Waals surface area contributed by atoms with Crippen LogP contribution in [-0.4, -0.2) is 39.0 Å². The normalized spacial score (nSPS) is 13.4. The fraction of sp³-hybridized carbons (Fsp3) is 0.100. The van der Waals surface area contributed by atoms with Crippen molar-refractivity contribution in [2.45, 2.75) is 0 Å². The summed E-state index contributed by atoms with van der Waals surface area (Å²) in [6, 6.07) is 9.26. The lowest BCUT2D eigenvalue weighted by molar-refractivity contribution is 0.0957. The molecule has 0 unspecified atom stereocenters. The summed E-state index contributed by atoms with van der Waals surface area (Å²) in [7, 11) is 0. The van der Waals surface area contributed by atoms with Crippen molar-refractivity contribution in [3.63, 3.8) is 0 Å². The van der Waals surface area contributed by atoms with Gasteiger partial charge in [0, 0.05) is 41.4 Å². The Kier molecular flexibility index (Phi) is 3.86. The van der Waals surface area contributed by atoms with E-state index in [0.717, 1.165) is 27.8 Å². The Morgan fingerprint density at radius 2 is 2.00 bits per heavy atom. The first-order valence-corrected chi connectivity index (χ1v) is 8.84. The summed E-state index contributed by atoms with van der Waals surface area (Å²) in [6.45, 7) is 0.945. The lowest BCUT2D eigenvalue weighted by Gasteiger charge is -2.08. The van der Waals surface area contributed by atoms with Gasteiger partial charge in [-0.3, -0.25) is 9.78 Å². The zero-order valence-electron chi connectivity index (χ0n) is 14.8. The van der Waals surface area contributed by atoms with Gasteiger partial charge in [-0.25, -0.2) is 4.98 Å². The highest BCUT2D eigenvalue weighted by Crippen LogP contribution is 2.32. The van der Waals surface area contributed by atoms with Crippen molar-refractivity contribution in [3.05, 3.63) is 60.7 Å². The highest BCUT2D eigenvalue weighted by atomic mass is 16.5. The molecule has 0 atom stereocenters. The molecule has 0 bridgehead atoms. The molecule has 1 amide bonds. The van der Waals surface area contributed by atoms with Crippen LogP contribution < -0.4 is 15.4 Å². The van der Waals surface area contributed by atoms with Crippen molar-refractivity contribution < 1.29 is 9.53 Å². The molecule has 8 nitrogen and oxygen atoms in total. The Balaban J connectivity index is 1.50. The van der Waals surface area contributed by atoms with E-state index in [1.165, 1.54) is 0 Å². The number of hydrogen-bond donors (Lipinski definition) is 3. The highest BCUT2D eigenvalue weighted by Gasteiger charge is 2.18. The van der Waals surface area contributed by atoms with E-state index < -0.39 is 0 Å². The van der Waals surface area contributed by atoms with Gasteiger partial charge in [-0.15, -0.1) is 0 Å². The van der Waals surface area contributed by atoms with Crippen molar-refractivity contribution in [2.24, 2.45) is 0 Å². The van der Waals surface area contributed by atoms with E-state index in [2.05, 4.69) is 30.6 Å². The van der Waals surface area contributed by atoms with Gasteiger partial charge in [0.05, 0.1) is 12.1 Å². The number of amides is 1. The molecule has 1 aliphatic heterocycles. The van der Waals surface area contributed by atoms with E-state index in [9.17, 15) is 4.79 Å². The molecule has 0 spiro atoms. The van der Waals surface area contributed by atoms with Crippen LogP contribution in [0.4, 0.5) is 11.6 Å². The summed E-state index contributed by atoms with van der Waals surface area (Å²) in [4.78, 5) is 28.2. The van der Waals surface area contributed by atoms with Gasteiger partial charge in [-0.1, -0.05) is 6.07 Å². The SMILES string of the molecule is O=C1NCCOc2cc(-c3c[nH]c4nc(Nc5ccncc5)ncc34)ccc21. The van der Waals surface area contributed by atoms with Crippen LogP contribution >= 0.6 is 0 Å². The smallest absolute Gasteiger partial charge is 0.255 e. The number of benzene rings is 1. The molecule has 0 radical (unpaired) electrons. The fourth-order valence-electron chi connectivity index (χ4n) is 3.19. The summed E-state index contributed by atoms with van der Waals surface area (Å²) in [5.41, 5.74) is 4.00. The number of aromatic nitrogens is 4. The van der Waals surface area contributed by atoms with E-state index in [4.69, 9.17) is 4.74 Å². The molecule has 3 aromatic heterocycles. The van der Waals surface area contributed by atoms with Crippen molar-refractivity contribution in [3.8, 4) is 16.9 Å². The number of nitrogens with zero attached hydrogens (tertiary/aromatic N) is 3. The molecule has 8 heteroatoms. The van der Waals surface area contributed by atoms with Crippen molar-refractivity contribution in [1.82, 2.24) is 25.3 Å². The van der Waals surface area contributed by atoms with Crippen molar-refractivity contribution in [1.29, 1.82) is 0 Å². The van der Waals surface area contributed by atoms with Gasteiger partial charge in [0.2, 0.25) is 5.95 Å². The Labute approximate surface area is 160 Å². The predicted octanol–water partition coefficient (Wildman–Crippen LogP) is 2.89. The van der Waals surface area contributed by atoms with Gasteiger partial charge in [-0.2, -0.15) is 4.98 Å². The van der Waals surface area contributed by atoms with E-state index in [-0.39, 0.29) is 5.91 Å². The van der Waals surface area contributed by atoms with E-state index in [0.29, 0.717) is 30.4 Å². The Hall–Kier alpha value is -3.94. The number of anilines is 2. The topological polar surface area (TPSA) is 105 Å². The maximum atomic E-state index is 12.1. The third kappa shape index (κ3) is 2.90. The monoisotopic (exact) mass is 372 g/mol. The predicted molar refractivity (Wildman–Crippen MR) is 105 cm³/mol. The molecule has 0 saturated carbocycles. The van der Waals surface area contributed by atoms with Crippen LogP contribution in [0.15, 0.2) is 55.1 Å². The largest absolute Gasteiger partial charge is 0.491 e. The van der Waals surface area contributed by atoms with Crippen LogP contribution in [0, 0.1) is 0 Å². The number of nitrogens with one attached hydrogen (secondary N) is 3. The minimum Gasteiger partial charge on any atom is -0.491 e. The molecule has 0 fully saturated rings. The van der Waals surface area contributed by atoms with E-state index in [1.807, 2.05) is 30.5 Å². The van der Waals surface area contributed by atoms with Gasteiger partial charge >= 0.3 is 0 Å². The standard InChI is InChI=1S/C20H16N6O2/c27-19-14-2-1-12(9-17(14)28-8-7-22-19)15-10-23-18-16(15)11-24-20(26-18)25-13-3-5-21-6-4-13/h1-6,9-11H,7-8H2,(H,22,27)(H2,21,23,24,25,26). The molecule has 1 aliphatic rings. The van der Waals surface area contributed by atoms with Crippen LogP contribution in [0.2, 0.25) is 0 Å². The van der Waals surface area contributed by atoms with E-state index >= 15 is 0 Å². The van der Waals surface area contributed by atoms with Crippen molar-refractivity contribution >= 4 is 28.6 Å². The number of hydrogen-bond acceptors (Lipinski definition) is 6. The fourth-order valence-corrected chi connectivity index (χ4v) is 3.19. The number of rotatable bonds is 3. The highest BCUT2D eigenvalue weighted by molar-refractivity contribution is 5.99. The van der Waals surface area contributed by atoms with Gasteiger partial charge in [0.15, 0.2) is 0 Å². The third-order valence-corrected chi connectivity index (χ3v) is 4.55. The molecule has 0 aliphatic carbocycles. The summed E-state index contributed by atoms with van der Waals surface area (Å²) in [6.07, 6.45) is 7.06.